The number of carboxylic acids is 1. The lowest BCUT2D eigenvalue weighted by Crippen LogP contribution is -2.48. The monoisotopic (exact) mass is 311 g/mol. The molecular weight excluding hydrogens is 294 g/mol. The fourth-order valence-corrected chi connectivity index (χ4v) is 3.02. The van der Waals surface area contributed by atoms with Gasteiger partial charge in [-0.3, -0.25) is 0 Å². The number of piperazine rings is 1. The summed E-state index contributed by atoms with van der Waals surface area (Å²) in [6, 6.07) is 3.52. The molecule has 1 N–H and O–H groups in total. The number of nitrogens with zero attached hydrogens (tertiary/aromatic N) is 3. The summed E-state index contributed by atoms with van der Waals surface area (Å²) in [4.78, 5) is 16.9. The molecule has 114 valence electrons. The third-order valence-electron chi connectivity index (χ3n) is 3.23. The zero-order valence-corrected chi connectivity index (χ0v) is 12.5. The number of carbonyl (C=O) groups is 1. The predicted molar refractivity (Wildman–Crippen MR) is 79.5 cm³/mol. The van der Waals surface area contributed by atoms with Gasteiger partial charge in [-0.25, -0.2) is 18.2 Å². The third kappa shape index (κ3) is 4.02. The normalized spacial score (nSPS) is 17.3. The Morgan fingerprint density at radius 3 is 2.57 bits per heavy atom. The molecule has 0 radical (unpaired) electrons. The number of hydrogen-bond donors (Lipinski definition) is 1. The van der Waals surface area contributed by atoms with E-state index in [4.69, 9.17) is 5.11 Å². The van der Waals surface area contributed by atoms with Crippen LogP contribution in [0.2, 0.25) is 0 Å². The number of pyridine rings is 1. The maximum Gasteiger partial charge on any atom is 0.328 e. The van der Waals surface area contributed by atoms with Gasteiger partial charge in [0.2, 0.25) is 10.0 Å². The summed E-state index contributed by atoms with van der Waals surface area (Å²) in [5.74, 6) is -0.352. The first-order valence-corrected chi connectivity index (χ1v) is 8.29. The molecule has 21 heavy (non-hydrogen) atoms. The summed E-state index contributed by atoms with van der Waals surface area (Å²) in [5.41, 5.74) is 0.702. The number of carboxylic acid groups (broad SMARTS) is 1. The summed E-state index contributed by atoms with van der Waals surface area (Å²) in [6.07, 6.45) is 5.39. The first-order chi connectivity index (χ1) is 9.88. The Morgan fingerprint density at radius 2 is 2.00 bits per heavy atom. The Kier molecular flexibility index (Phi) is 4.59. The second-order valence-electron chi connectivity index (χ2n) is 4.74. The lowest BCUT2D eigenvalue weighted by atomic mass is 10.2. The van der Waals surface area contributed by atoms with Crippen molar-refractivity contribution in [2.45, 2.75) is 0 Å². The molecule has 1 aromatic heterocycles. The SMILES string of the molecule is CS(=O)(=O)N1CCN(c2ncccc2/C=C/C(=O)O)CC1. The topological polar surface area (TPSA) is 90.8 Å². The van der Waals surface area contributed by atoms with Crippen LogP contribution in [0.3, 0.4) is 0 Å². The fourth-order valence-electron chi connectivity index (χ4n) is 2.20. The Balaban J connectivity index is 2.15. The third-order valence-corrected chi connectivity index (χ3v) is 4.53. The van der Waals surface area contributed by atoms with E-state index in [0.717, 1.165) is 6.08 Å². The highest BCUT2D eigenvalue weighted by molar-refractivity contribution is 7.88. The first kappa shape index (κ1) is 15.5. The van der Waals surface area contributed by atoms with Crippen molar-refractivity contribution in [3.63, 3.8) is 0 Å². The van der Waals surface area contributed by atoms with Gasteiger partial charge in [0, 0.05) is 44.0 Å². The van der Waals surface area contributed by atoms with E-state index < -0.39 is 16.0 Å². The minimum absolute atomic E-state index is 0.400. The van der Waals surface area contributed by atoms with Crippen molar-refractivity contribution in [1.29, 1.82) is 0 Å². The lowest BCUT2D eigenvalue weighted by Gasteiger charge is -2.34. The van der Waals surface area contributed by atoms with Crippen molar-refractivity contribution in [2.24, 2.45) is 0 Å². The van der Waals surface area contributed by atoms with Gasteiger partial charge in [0.25, 0.3) is 0 Å². The van der Waals surface area contributed by atoms with Crippen molar-refractivity contribution < 1.29 is 18.3 Å². The van der Waals surface area contributed by atoms with Crippen molar-refractivity contribution >= 4 is 27.9 Å². The second-order valence-corrected chi connectivity index (χ2v) is 6.72. The second kappa shape index (κ2) is 6.23. The van der Waals surface area contributed by atoms with Gasteiger partial charge in [-0.2, -0.15) is 4.31 Å². The van der Waals surface area contributed by atoms with E-state index in [1.54, 1.807) is 18.3 Å². The van der Waals surface area contributed by atoms with Crippen LogP contribution in [0.4, 0.5) is 5.82 Å². The molecule has 1 fully saturated rings. The summed E-state index contributed by atoms with van der Waals surface area (Å²) >= 11 is 0. The largest absolute Gasteiger partial charge is 0.478 e. The van der Waals surface area contributed by atoms with E-state index in [1.165, 1.54) is 16.6 Å². The summed E-state index contributed by atoms with van der Waals surface area (Å²) in [6.45, 7) is 1.85. The van der Waals surface area contributed by atoms with E-state index in [2.05, 4.69) is 4.98 Å². The van der Waals surface area contributed by atoms with Crippen LogP contribution in [0.15, 0.2) is 24.4 Å². The molecule has 0 unspecified atom stereocenters. The molecule has 0 aliphatic carbocycles. The molecule has 0 saturated carbocycles. The first-order valence-electron chi connectivity index (χ1n) is 6.44. The number of sulfonamides is 1. The van der Waals surface area contributed by atoms with E-state index in [9.17, 15) is 13.2 Å². The Labute approximate surface area is 123 Å². The minimum atomic E-state index is -3.17. The Hall–Kier alpha value is -1.93. The zero-order valence-electron chi connectivity index (χ0n) is 11.6. The number of aliphatic carboxylic acids is 1. The van der Waals surface area contributed by atoms with Crippen molar-refractivity contribution in [3.05, 3.63) is 30.0 Å². The van der Waals surface area contributed by atoms with Crippen LogP contribution in [0.1, 0.15) is 5.56 Å². The van der Waals surface area contributed by atoms with Gasteiger partial charge < -0.3 is 10.0 Å². The van der Waals surface area contributed by atoms with Gasteiger partial charge in [0.15, 0.2) is 0 Å². The Bertz CT molecular complexity index is 649. The average molecular weight is 311 g/mol. The van der Waals surface area contributed by atoms with E-state index in [1.807, 2.05) is 4.90 Å². The molecule has 1 aromatic rings. The fraction of sp³-hybridized carbons (Fsp3) is 0.385. The highest BCUT2D eigenvalue weighted by Crippen LogP contribution is 2.20. The molecule has 2 rings (SSSR count). The molecule has 0 aromatic carbocycles. The zero-order chi connectivity index (χ0) is 15.5. The van der Waals surface area contributed by atoms with Gasteiger partial charge >= 0.3 is 5.97 Å². The van der Waals surface area contributed by atoms with Gasteiger partial charge in [-0.1, -0.05) is 0 Å². The quantitative estimate of drug-likeness (QED) is 0.802. The van der Waals surface area contributed by atoms with Crippen molar-refractivity contribution in [2.75, 3.05) is 37.3 Å². The highest BCUT2D eigenvalue weighted by atomic mass is 32.2. The van der Waals surface area contributed by atoms with Crippen molar-refractivity contribution in [1.82, 2.24) is 9.29 Å². The Morgan fingerprint density at radius 1 is 1.33 bits per heavy atom. The van der Waals surface area contributed by atoms with Crippen molar-refractivity contribution in [3.8, 4) is 0 Å². The maximum atomic E-state index is 11.5. The number of rotatable bonds is 4. The molecule has 1 aliphatic heterocycles. The lowest BCUT2D eigenvalue weighted by molar-refractivity contribution is -0.131. The van der Waals surface area contributed by atoms with E-state index in [0.29, 0.717) is 37.6 Å². The number of hydrogen-bond acceptors (Lipinski definition) is 5. The predicted octanol–water partition coefficient (Wildman–Crippen LogP) is 0.261. The molecule has 1 saturated heterocycles. The maximum absolute atomic E-state index is 11.5. The smallest absolute Gasteiger partial charge is 0.328 e. The standard InChI is InChI=1S/C13H17N3O4S/c1-21(19,20)16-9-7-15(8-10-16)13-11(3-2-6-14-13)4-5-12(17)18/h2-6H,7-10H2,1H3,(H,17,18)/b5-4+. The van der Waals surface area contributed by atoms with Crippen LogP contribution in [-0.2, 0) is 14.8 Å². The molecule has 2 heterocycles. The molecular formula is C13H17N3O4S. The molecule has 0 spiro atoms. The van der Waals surface area contributed by atoms with Gasteiger partial charge in [-0.15, -0.1) is 0 Å². The molecule has 0 atom stereocenters. The average Bonchev–Trinajstić information content (AvgIpc) is 2.44. The van der Waals surface area contributed by atoms with Gasteiger partial charge in [0.05, 0.1) is 6.26 Å². The number of aromatic nitrogens is 1. The molecule has 8 heteroatoms. The summed E-state index contributed by atoms with van der Waals surface area (Å²) < 4.78 is 24.4. The van der Waals surface area contributed by atoms with Gasteiger partial charge in [0.1, 0.15) is 5.82 Å². The van der Waals surface area contributed by atoms with Crippen LogP contribution in [0.5, 0.6) is 0 Å². The highest BCUT2D eigenvalue weighted by Gasteiger charge is 2.24. The summed E-state index contributed by atoms with van der Waals surface area (Å²) in [7, 11) is -3.17. The molecule has 1 aliphatic rings. The van der Waals surface area contributed by atoms with Crippen LogP contribution in [-0.4, -0.2) is 61.2 Å². The van der Waals surface area contributed by atoms with Crippen LogP contribution >= 0.6 is 0 Å². The molecule has 0 bridgehead atoms. The van der Waals surface area contributed by atoms with E-state index in [-0.39, 0.29) is 0 Å². The number of anilines is 1. The van der Waals surface area contributed by atoms with Crippen LogP contribution in [0, 0.1) is 0 Å². The van der Waals surface area contributed by atoms with Crippen LogP contribution < -0.4 is 4.90 Å². The minimum Gasteiger partial charge on any atom is -0.478 e. The van der Waals surface area contributed by atoms with Gasteiger partial charge in [-0.05, 0) is 18.2 Å². The molecule has 7 nitrogen and oxygen atoms in total. The summed E-state index contributed by atoms with van der Waals surface area (Å²) in [5, 5.41) is 8.71. The van der Waals surface area contributed by atoms with Crippen LogP contribution in [0.25, 0.3) is 6.08 Å². The van der Waals surface area contributed by atoms with E-state index >= 15 is 0 Å². The molecule has 0 amide bonds.